The number of hydrogen-bond acceptors (Lipinski definition) is 3. The van der Waals surface area contributed by atoms with Gasteiger partial charge in [-0.05, 0) is 0 Å². The summed E-state index contributed by atoms with van der Waals surface area (Å²) in [6, 6.07) is 0. The number of alkyl halides is 28. The van der Waals surface area contributed by atoms with Crippen molar-refractivity contribution in [2.45, 2.75) is 83.1 Å². The first-order chi connectivity index (χ1) is 19.7. The van der Waals surface area contributed by atoms with Crippen LogP contribution in [0.3, 0.4) is 0 Å². The molecule has 4 nitrogen and oxygen atoms in total. The minimum atomic E-state index is -9.90. The topological polar surface area (TPSA) is 63.6 Å². The standard InChI is InChI=1S/C14H2F28O4S/c15-1(16)2(17,18)3(19,20)4(21,22)5(23,24)6(25,26)7(27,28)8(29,30)9(31,32)10(33,34)11(35,36)12(37,38)46-13(39,40)14(41,42)47(43,44)45/h1H,(H,43,44,45). The molecular weight excluding hydrogens is 796 g/mol. The predicted octanol–water partition coefficient (Wildman–Crippen LogP) is 8.29. The van der Waals surface area contributed by atoms with E-state index >= 15 is 0 Å². The third kappa shape index (κ3) is 5.55. The highest BCUT2D eigenvalue weighted by atomic mass is 32.2. The van der Waals surface area contributed by atoms with E-state index in [0.717, 1.165) is 4.74 Å². The van der Waals surface area contributed by atoms with Crippen LogP contribution in [0.5, 0.6) is 0 Å². The second-order valence-electron chi connectivity index (χ2n) is 8.22. The lowest BCUT2D eigenvalue weighted by atomic mass is 9.85. The van der Waals surface area contributed by atoms with Gasteiger partial charge in [-0.1, -0.05) is 0 Å². The Morgan fingerprint density at radius 1 is 0.383 bits per heavy atom. The first-order valence-corrected chi connectivity index (χ1v) is 11.0. The molecule has 0 heterocycles. The molecule has 0 unspecified atom stereocenters. The maximum atomic E-state index is 13.7. The average molecular weight is 798 g/mol. The Kier molecular flexibility index (Phi) is 10.5. The fourth-order valence-electron chi connectivity index (χ4n) is 2.34. The average Bonchev–Trinajstić information content (AvgIpc) is 2.80. The van der Waals surface area contributed by atoms with Gasteiger partial charge in [-0.3, -0.25) is 4.55 Å². The van der Waals surface area contributed by atoms with Gasteiger partial charge in [0.25, 0.3) is 0 Å². The molecule has 0 amide bonds. The Balaban J connectivity index is 7.40. The summed E-state index contributed by atoms with van der Waals surface area (Å²) >= 11 is 0. The van der Waals surface area contributed by atoms with Crippen LogP contribution in [0, 0.1) is 0 Å². The summed E-state index contributed by atoms with van der Waals surface area (Å²) in [6.45, 7) is 0. The van der Waals surface area contributed by atoms with Crippen LogP contribution in [0.1, 0.15) is 0 Å². The van der Waals surface area contributed by atoms with Crippen molar-refractivity contribution in [2.24, 2.45) is 0 Å². The lowest BCUT2D eigenvalue weighted by Gasteiger charge is -2.45. The summed E-state index contributed by atoms with van der Waals surface area (Å²) in [5, 5.41) is -7.77. The Bertz CT molecular complexity index is 1270. The molecule has 1 N–H and O–H groups in total. The highest BCUT2D eigenvalue weighted by Gasteiger charge is 2.99. The fraction of sp³-hybridized carbons (Fsp3) is 1.00. The van der Waals surface area contributed by atoms with Gasteiger partial charge < -0.3 is 0 Å². The van der Waals surface area contributed by atoms with Gasteiger partial charge in [0.2, 0.25) is 0 Å². The minimum absolute atomic E-state index is 0.882. The van der Waals surface area contributed by atoms with Crippen molar-refractivity contribution in [2.75, 3.05) is 0 Å². The molecule has 0 aliphatic heterocycles. The number of rotatable bonds is 15. The number of halogens is 28. The van der Waals surface area contributed by atoms with Gasteiger partial charge in [-0.2, -0.15) is 123 Å². The van der Waals surface area contributed by atoms with Gasteiger partial charge in [0, 0.05) is 0 Å². The molecule has 0 saturated carbocycles. The fourth-order valence-corrected chi connectivity index (χ4v) is 2.69. The van der Waals surface area contributed by atoms with Crippen molar-refractivity contribution in [1.29, 1.82) is 0 Å². The van der Waals surface area contributed by atoms with E-state index in [9.17, 15) is 131 Å². The zero-order valence-corrected chi connectivity index (χ0v) is 20.6. The van der Waals surface area contributed by atoms with Gasteiger partial charge in [0.15, 0.2) is 0 Å². The van der Waals surface area contributed by atoms with Crippen molar-refractivity contribution in [3.63, 3.8) is 0 Å². The van der Waals surface area contributed by atoms with E-state index in [-0.39, 0.29) is 0 Å². The molecule has 0 radical (unpaired) electrons. The van der Waals surface area contributed by atoms with Crippen molar-refractivity contribution in [3.8, 4) is 0 Å². The highest BCUT2D eigenvalue weighted by molar-refractivity contribution is 7.86. The second kappa shape index (κ2) is 11.0. The number of ether oxygens (including phenoxy) is 1. The predicted molar refractivity (Wildman–Crippen MR) is 82.9 cm³/mol. The molecule has 0 atom stereocenters. The Morgan fingerprint density at radius 3 is 0.809 bits per heavy atom. The van der Waals surface area contributed by atoms with Crippen LogP contribution < -0.4 is 0 Å². The Hall–Kier alpha value is -2.09. The molecule has 0 fully saturated rings. The van der Waals surface area contributed by atoms with Crippen LogP contribution in [-0.2, 0) is 14.9 Å². The Morgan fingerprint density at radius 2 is 0.596 bits per heavy atom. The molecule has 47 heavy (non-hydrogen) atoms. The quantitative estimate of drug-likeness (QED) is 0.134. The molecular formula is C14H2F28O4S. The summed E-state index contributed by atoms with van der Waals surface area (Å²) in [5.41, 5.74) is 0. The largest absolute Gasteiger partial charge is 0.460 e. The van der Waals surface area contributed by atoms with Gasteiger partial charge >= 0.3 is 93.2 Å². The van der Waals surface area contributed by atoms with Crippen molar-refractivity contribution in [3.05, 3.63) is 0 Å². The normalized spacial score (nSPS) is 17.1. The van der Waals surface area contributed by atoms with Crippen LogP contribution in [0.2, 0.25) is 0 Å². The van der Waals surface area contributed by atoms with Crippen molar-refractivity contribution in [1.82, 2.24) is 0 Å². The van der Waals surface area contributed by atoms with E-state index in [1.54, 1.807) is 0 Å². The highest BCUT2D eigenvalue weighted by Crippen LogP contribution is 2.67. The van der Waals surface area contributed by atoms with Gasteiger partial charge in [0.05, 0.1) is 0 Å². The van der Waals surface area contributed by atoms with Gasteiger partial charge in [0.1, 0.15) is 0 Å². The molecule has 0 rings (SSSR count). The van der Waals surface area contributed by atoms with Gasteiger partial charge in [-0.25, -0.2) is 13.5 Å². The number of hydrogen-bond donors (Lipinski definition) is 1. The first kappa shape index (κ1) is 44.9. The van der Waals surface area contributed by atoms with E-state index in [1.807, 2.05) is 0 Å². The van der Waals surface area contributed by atoms with E-state index in [1.165, 1.54) is 0 Å². The maximum absolute atomic E-state index is 13.7. The molecule has 0 aliphatic carbocycles. The minimum Gasteiger partial charge on any atom is -0.281 e. The van der Waals surface area contributed by atoms with Crippen molar-refractivity contribution < 1.29 is 141 Å². The third-order valence-electron chi connectivity index (χ3n) is 5.13. The first-order valence-electron chi connectivity index (χ1n) is 9.52. The smallest absolute Gasteiger partial charge is 0.281 e. The summed E-state index contributed by atoms with van der Waals surface area (Å²) in [4.78, 5) is 0. The molecule has 0 spiro atoms. The molecule has 0 bridgehead atoms. The molecule has 0 aromatic carbocycles. The van der Waals surface area contributed by atoms with Crippen LogP contribution in [0.4, 0.5) is 123 Å². The van der Waals surface area contributed by atoms with Crippen LogP contribution >= 0.6 is 0 Å². The lowest BCUT2D eigenvalue weighted by molar-refractivity contribution is -0.508. The third-order valence-corrected chi connectivity index (χ3v) is 6.02. The zero-order chi connectivity index (χ0) is 39.3. The maximum Gasteiger partial charge on any atom is 0.460 e. The molecule has 284 valence electrons. The second-order valence-corrected chi connectivity index (χ2v) is 9.68. The molecule has 0 aromatic heterocycles. The molecule has 0 aliphatic rings. The van der Waals surface area contributed by atoms with E-state index in [4.69, 9.17) is 4.55 Å². The van der Waals surface area contributed by atoms with Crippen LogP contribution in [0.25, 0.3) is 0 Å². The van der Waals surface area contributed by atoms with E-state index in [2.05, 4.69) is 0 Å². The van der Waals surface area contributed by atoms with Crippen molar-refractivity contribution >= 4 is 10.1 Å². The summed E-state index contributed by atoms with van der Waals surface area (Å²) in [5.74, 6) is -94.4. The molecule has 0 aromatic rings. The SMILES string of the molecule is O=S(=O)(O)C(F)(F)C(F)(F)OC(F)(F)C(F)(F)C(F)(F)C(F)(F)C(F)(F)C(F)(F)C(F)(F)C(F)(F)C(F)(F)C(F)(F)C(F)(F)C(F)F. The van der Waals surface area contributed by atoms with E-state index in [0.29, 0.717) is 0 Å². The summed E-state index contributed by atoms with van der Waals surface area (Å²) in [6.07, 6.45) is -23.4. The zero-order valence-electron chi connectivity index (χ0n) is 19.7. The van der Waals surface area contributed by atoms with E-state index < -0.39 is 93.2 Å². The van der Waals surface area contributed by atoms with Crippen LogP contribution in [-0.4, -0.2) is 96.1 Å². The van der Waals surface area contributed by atoms with Crippen LogP contribution in [0.15, 0.2) is 0 Å². The lowest BCUT2D eigenvalue weighted by Crippen LogP contribution is -2.78. The summed E-state index contributed by atoms with van der Waals surface area (Å²) in [7, 11) is -7.95. The molecule has 0 saturated heterocycles. The Labute approximate surface area is 235 Å². The summed E-state index contributed by atoms with van der Waals surface area (Å²) < 4.78 is 399. The molecule has 33 heteroatoms. The monoisotopic (exact) mass is 798 g/mol. The van der Waals surface area contributed by atoms with Gasteiger partial charge in [-0.15, -0.1) is 0 Å².